The van der Waals surface area contributed by atoms with E-state index in [9.17, 15) is 0 Å². The number of aromatic nitrogens is 3. The highest BCUT2D eigenvalue weighted by atomic mass is 16.5. The number of nitrogens with two attached hydrogens (primary N) is 1. The number of rotatable bonds is 2. The van der Waals surface area contributed by atoms with Crippen molar-refractivity contribution in [2.75, 3.05) is 12.8 Å². The van der Waals surface area contributed by atoms with Crippen LogP contribution >= 0.6 is 0 Å². The van der Waals surface area contributed by atoms with E-state index in [1.54, 1.807) is 7.11 Å². The molecule has 0 fully saturated rings. The van der Waals surface area contributed by atoms with Crippen LogP contribution in [0.25, 0.3) is 5.69 Å². The molecule has 0 atom stereocenters. The van der Waals surface area contributed by atoms with Gasteiger partial charge in [0.15, 0.2) is 5.82 Å². The van der Waals surface area contributed by atoms with Crippen molar-refractivity contribution in [2.24, 2.45) is 0 Å². The van der Waals surface area contributed by atoms with Gasteiger partial charge < -0.3 is 10.5 Å². The van der Waals surface area contributed by atoms with Gasteiger partial charge in [-0.3, -0.25) is 0 Å². The zero-order chi connectivity index (χ0) is 10.8. The lowest BCUT2D eigenvalue weighted by Gasteiger charge is -2.06. The molecule has 1 aromatic carbocycles. The predicted molar refractivity (Wildman–Crippen MR) is 57.1 cm³/mol. The average molecular weight is 204 g/mol. The van der Waals surface area contributed by atoms with E-state index in [0.29, 0.717) is 5.82 Å². The molecule has 0 amide bonds. The molecule has 78 valence electrons. The molecule has 5 heteroatoms. The third-order valence-corrected chi connectivity index (χ3v) is 2.12. The molecular formula is C10H12N4O. The van der Waals surface area contributed by atoms with Crippen LogP contribution in [0.15, 0.2) is 24.4 Å². The van der Waals surface area contributed by atoms with Gasteiger partial charge in [0, 0.05) is 0 Å². The van der Waals surface area contributed by atoms with E-state index in [1.165, 1.54) is 11.0 Å². The summed E-state index contributed by atoms with van der Waals surface area (Å²) >= 11 is 0. The number of ether oxygens (including phenoxy) is 1. The molecule has 0 aliphatic carbocycles. The Morgan fingerprint density at radius 3 is 2.73 bits per heavy atom. The molecule has 0 spiro atoms. The van der Waals surface area contributed by atoms with Crippen LogP contribution in [0, 0.1) is 6.92 Å². The van der Waals surface area contributed by atoms with E-state index < -0.39 is 0 Å². The normalized spacial score (nSPS) is 10.3. The van der Waals surface area contributed by atoms with Gasteiger partial charge in [0.05, 0.1) is 19.0 Å². The maximum Gasteiger partial charge on any atom is 0.166 e. The smallest absolute Gasteiger partial charge is 0.166 e. The fraction of sp³-hybridized carbons (Fsp3) is 0.200. The summed E-state index contributed by atoms with van der Waals surface area (Å²) in [7, 11) is 1.64. The van der Waals surface area contributed by atoms with Gasteiger partial charge in [0.1, 0.15) is 5.75 Å². The standard InChI is InChI=1S/C10H12N4O/c1-7-5-8(3-4-9(7)15-2)14-12-6-10(11)13-14/h3-6H,1-2H3,(H2,11,13). The largest absolute Gasteiger partial charge is 0.496 e. The number of nitrogens with zero attached hydrogens (tertiary/aromatic N) is 3. The number of hydrogen-bond acceptors (Lipinski definition) is 4. The van der Waals surface area contributed by atoms with Gasteiger partial charge >= 0.3 is 0 Å². The van der Waals surface area contributed by atoms with E-state index in [4.69, 9.17) is 10.5 Å². The van der Waals surface area contributed by atoms with Gasteiger partial charge in [-0.1, -0.05) is 0 Å². The Bertz CT molecular complexity index is 478. The molecule has 0 saturated heterocycles. The minimum atomic E-state index is 0.406. The molecule has 2 rings (SSSR count). The number of nitrogen functional groups attached to an aromatic ring is 1. The van der Waals surface area contributed by atoms with Crippen LogP contribution in [0.2, 0.25) is 0 Å². The first-order valence-electron chi connectivity index (χ1n) is 4.53. The van der Waals surface area contributed by atoms with Gasteiger partial charge in [-0.05, 0) is 30.7 Å². The molecule has 15 heavy (non-hydrogen) atoms. The van der Waals surface area contributed by atoms with Crippen LogP contribution in [0.1, 0.15) is 5.56 Å². The zero-order valence-corrected chi connectivity index (χ0v) is 8.64. The quantitative estimate of drug-likeness (QED) is 0.797. The SMILES string of the molecule is COc1ccc(-n2ncc(N)n2)cc1C. The molecule has 0 aliphatic heterocycles. The molecule has 1 heterocycles. The average Bonchev–Trinajstić information content (AvgIpc) is 2.65. The lowest BCUT2D eigenvalue weighted by Crippen LogP contribution is -2.00. The second-order valence-electron chi connectivity index (χ2n) is 3.21. The first kappa shape index (κ1) is 9.51. The van der Waals surface area contributed by atoms with E-state index in [-0.39, 0.29) is 0 Å². The van der Waals surface area contributed by atoms with Crippen LogP contribution in [-0.4, -0.2) is 22.1 Å². The van der Waals surface area contributed by atoms with Crippen molar-refractivity contribution in [2.45, 2.75) is 6.92 Å². The van der Waals surface area contributed by atoms with E-state index in [1.807, 2.05) is 25.1 Å². The lowest BCUT2D eigenvalue weighted by atomic mass is 10.2. The first-order chi connectivity index (χ1) is 7.20. The van der Waals surface area contributed by atoms with E-state index in [2.05, 4.69) is 10.2 Å². The maximum absolute atomic E-state index is 5.49. The number of benzene rings is 1. The lowest BCUT2D eigenvalue weighted by molar-refractivity contribution is 0.411. The van der Waals surface area contributed by atoms with Crippen molar-refractivity contribution in [1.29, 1.82) is 0 Å². The molecule has 2 N–H and O–H groups in total. The molecule has 5 nitrogen and oxygen atoms in total. The fourth-order valence-electron chi connectivity index (χ4n) is 1.39. The van der Waals surface area contributed by atoms with Crippen molar-refractivity contribution in [3.05, 3.63) is 30.0 Å². The summed E-state index contributed by atoms with van der Waals surface area (Å²) in [5.74, 6) is 1.25. The highest BCUT2D eigenvalue weighted by Gasteiger charge is 2.03. The van der Waals surface area contributed by atoms with E-state index >= 15 is 0 Å². The molecule has 0 aliphatic rings. The Morgan fingerprint density at radius 1 is 1.40 bits per heavy atom. The van der Waals surface area contributed by atoms with Gasteiger partial charge in [0.25, 0.3) is 0 Å². The summed E-state index contributed by atoms with van der Waals surface area (Å²) in [5, 5.41) is 8.04. The summed E-state index contributed by atoms with van der Waals surface area (Å²) in [6.07, 6.45) is 1.51. The summed E-state index contributed by atoms with van der Waals surface area (Å²) < 4.78 is 5.17. The van der Waals surface area contributed by atoms with Crippen molar-refractivity contribution in [1.82, 2.24) is 15.0 Å². The Kier molecular flexibility index (Phi) is 2.29. The van der Waals surface area contributed by atoms with Crippen LogP contribution in [-0.2, 0) is 0 Å². The van der Waals surface area contributed by atoms with Gasteiger partial charge in [0.2, 0.25) is 0 Å². The number of anilines is 1. The van der Waals surface area contributed by atoms with Crippen LogP contribution < -0.4 is 10.5 Å². The van der Waals surface area contributed by atoms with E-state index in [0.717, 1.165) is 17.0 Å². The summed E-state index contributed by atoms with van der Waals surface area (Å²) in [5.41, 5.74) is 7.39. The van der Waals surface area contributed by atoms with Gasteiger partial charge in [-0.2, -0.15) is 5.10 Å². The summed E-state index contributed by atoms with van der Waals surface area (Å²) in [6.45, 7) is 1.97. The molecule has 2 aromatic rings. The monoisotopic (exact) mass is 204 g/mol. The molecular weight excluding hydrogens is 192 g/mol. The number of hydrogen-bond donors (Lipinski definition) is 1. The molecule has 0 unspecified atom stereocenters. The van der Waals surface area contributed by atoms with Crippen molar-refractivity contribution >= 4 is 5.82 Å². The highest BCUT2D eigenvalue weighted by Crippen LogP contribution is 2.19. The third kappa shape index (κ3) is 1.76. The Balaban J connectivity index is 2.42. The molecule has 0 bridgehead atoms. The Morgan fingerprint density at radius 2 is 2.20 bits per heavy atom. The Labute approximate surface area is 87.5 Å². The van der Waals surface area contributed by atoms with Crippen LogP contribution in [0.5, 0.6) is 5.75 Å². The van der Waals surface area contributed by atoms with Crippen molar-refractivity contribution in [3.63, 3.8) is 0 Å². The van der Waals surface area contributed by atoms with Crippen LogP contribution in [0.4, 0.5) is 5.82 Å². The fourth-order valence-corrected chi connectivity index (χ4v) is 1.39. The van der Waals surface area contributed by atoms with Crippen LogP contribution in [0.3, 0.4) is 0 Å². The van der Waals surface area contributed by atoms with Crippen molar-refractivity contribution < 1.29 is 4.74 Å². The second kappa shape index (κ2) is 3.61. The minimum absolute atomic E-state index is 0.406. The molecule has 1 aromatic heterocycles. The minimum Gasteiger partial charge on any atom is -0.496 e. The highest BCUT2D eigenvalue weighted by molar-refractivity contribution is 5.43. The van der Waals surface area contributed by atoms with Gasteiger partial charge in [-0.15, -0.1) is 9.90 Å². The van der Waals surface area contributed by atoms with Gasteiger partial charge in [-0.25, -0.2) is 0 Å². The topological polar surface area (TPSA) is 66.0 Å². The number of methoxy groups -OCH3 is 1. The molecule has 0 radical (unpaired) electrons. The number of aryl methyl sites for hydroxylation is 1. The maximum atomic E-state index is 5.49. The predicted octanol–water partition coefficient (Wildman–Crippen LogP) is 1.17. The summed E-state index contributed by atoms with van der Waals surface area (Å²) in [6, 6.07) is 5.70. The van der Waals surface area contributed by atoms with Crippen molar-refractivity contribution in [3.8, 4) is 11.4 Å². The first-order valence-corrected chi connectivity index (χ1v) is 4.53. The molecule has 0 saturated carbocycles. The second-order valence-corrected chi connectivity index (χ2v) is 3.21. The third-order valence-electron chi connectivity index (χ3n) is 2.12. The Hall–Kier alpha value is -2.04. The zero-order valence-electron chi connectivity index (χ0n) is 8.64. The summed E-state index contributed by atoms with van der Waals surface area (Å²) in [4.78, 5) is 1.49.